The number of aliphatic hydroxyl groups is 1. The van der Waals surface area contributed by atoms with Crippen LogP contribution < -0.4 is 5.73 Å². The summed E-state index contributed by atoms with van der Waals surface area (Å²) in [6.45, 7) is 21.5. The highest BCUT2D eigenvalue weighted by atomic mass is 16.3. The van der Waals surface area contributed by atoms with Crippen molar-refractivity contribution in [1.82, 2.24) is 0 Å². The van der Waals surface area contributed by atoms with Crippen LogP contribution in [0.15, 0.2) is 35.5 Å². The Morgan fingerprint density at radius 1 is 0.902 bits per heavy atom. The van der Waals surface area contributed by atoms with E-state index in [1.807, 2.05) is 0 Å². The molecule has 41 heavy (non-hydrogen) atoms. The van der Waals surface area contributed by atoms with E-state index in [4.69, 9.17) is 5.73 Å². The molecule has 228 valence electrons. The molecule has 0 heterocycles. The summed E-state index contributed by atoms with van der Waals surface area (Å²) in [6, 6.07) is 0. The zero-order valence-corrected chi connectivity index (χ0v) is 27.4. The maximum absolute atomic E-state index is 12.4. The highest BCUT2D eigenvalue weighted by Crippen LogP contribution is 2.76. The normalized spacial score (nSPS) is 50.4. The molecule has 6 aliphatic rings. The number of nitrogens with two attached hydrogens (primary N) is 1. The summed E-state index contributed by atoms with van der Waals surface area (Å²) in [6.07, 6.45) is 18.7. The predicted octanol–water partition coefficient (Wildman–Crippen LogP) is 8.57. The molecular formula is C38H59NO2. The van der Waals surface area contributed by atoms with E-state index in [-0.39, 0.29) is 23.3 Å². The van der Waals surface area contributed by atoms with Crippen molar-refractivity contribution in [2.24, 2.45) is 62.4 Å². The molecule has 0 aromatic carbocycles. The quantitative estimate of drug-likeness (QED) is 0.338. The lowest BCUT2D eigenvalue weighted by molar-refractivity contribution is -0.219. The summed E-state index contributed by atoms with van der Waals surface area (Å²) in [5.74, 6) is 3.47. The van der Waals surface area contributed by atoms with E-state index < -0.39 is 5.41 Å². The van der Waals surface area contributed by atoms with E-state index in [2.05, 4.69) is 60.3 Å². The monoisotopic (exact) mass is 561 g/mol. The predicted molar refractivity (Wildman–Crippen MR) is 169 cm³/mol. The van der Waals surface area contributed by atoms with E-state index >= 15 is 0 Å². The van der Waals surface area contributed by atoms with Crippen molar-refractivity contribution < 1.29 is 9.90 Å². The topological polar surface area (TPSA) is 63.3 Å². The van der Waals surface area contributed by atoms with Gasteiger partial charge in [-0.25, -0.2) is 0 Å². The van der Waals surface area contributed by atoms with Crippen molar-refractivity contribution >= 4 is 5.78 Å². The minimum absolute atomic E-state index is 0.0201. The van der Waals surface area contributed by atoms with Crippen LogP contribution in [0.2, 0.25) is 0 Å². The van der Waals surface area contributed by atoms with Gasteiger partial charge in [0.05, 0.1) is 12.0 Å². The van der Waals surface area contributed by atoms with Crippen LogP contribution in [0.25, 0.3) is 0 Å². The fraction of sp³-hybridized carbons (Fsp3) is 0.816. The number of carbonyl (C=O) groups excluding carboxylic acids is 1. The Labute approximate surface area is 250 Å². The molecule has 6 aliphatic carbocycles. The standard InChI is InChI=1S/C38H59NO2/c1-24(2)27-13-20-38(39)22-21-35(7)29(32(27)38)9-10-31-34(6)16-14-28(33(4,5)30(34)15-17-36(31,35)8)26-11-18-37(23-40,19-12-26)25(3)41/h11,14,27,29-32,40H,1,9-10,12-13,15-23,39H2,2-8H3/t27-,29+,30-,31+,32+,34-,35+,36+,37-,38-/m0/s1. The molecule has 3 N–H and O–H groups in total. The lowest BCUT2D eigenvalue weighted by Crippen LogP contribution is -2.67. The average molecular weight is 562 g/mol. The average Bonchev–Trinajstić information content (AvgIpc) is 3.27. The highest BCUT2D eigenvalue weighted by molar-refractivity contribution is 5.83. The van der Waals surface area contributed by atoms with Crippen LogP contribution in [0.1, 0.15) is 126 Å². The molecular weight excluding hydrogens is 502 g/mol. The molecule has 4 saturated carbocycles. The largest absolute Gasteiger partial charge is 0.395 e. The molecule has 3 nitrogen and oxygen atoms in total. The number of fused-ring (bicyclic) bond motifs is 7. The van der Waals surface area contributed by atoms with E-state index in [1.165, 1.54) is 68.9 Å². The van der Waals surface area contributed by atoms with Gasteiger partial charge in [-0.3, -0.25) is 4.79 Å². The lowest BCUT2D eigenvalue weighted by Gasteiger charge is -2.72. The Hall–Kier alpha value is -1.19. The van der Waals surface area contributed by atoms with Gasteiger partial charge in [-0.1, -0.05) is 58.9 Å². The zero-order valence-electron chi connectivity index (χ0n) is 27.4. The molecule has 0 saturated heterocycles. The minimum atomic E-state index is -0.568. The number of ketones is 1. The molecule has 10 atom stereocenters. The van der Waals surface area contributed by atoms with E-state index in [1.54, 1.807) is 12.5 Å². The van der Waals surface area contributed by atoms with E-state index in [0.717, 1.165) is 24.7 Å². The molecule has 3 heteroatoms. The smallest absolute Gasteiger partial charge is 0.138 e. The molecule has 0 radical (unpaired) electrons. The van der Waals surface area contributed by atoms with Crippen LogP contribution in [-0.4, -0.2) is 23.0 Å². The number of aliphatic hydroxyl groups excluding tert-OH is 1. The van der Waals surface area contributed by atoms with E-state index in [0.29, 0.717) is 40.4 Å². The number of hydrogen-bond donors (Lipinski definition) is 2. The van der Waals surface area contributed by atoms with Crippen molar-refractivity contribution in [3.05, 3.63) is 35.5 Å². The lowest BCUT2D eigenvalue weighted by atomic mass is 9.33. The van der Waals surface area contributed by atoms with Gasteiger partial charge in [-0.05, 0) is 153 Å². The second kappa shape index (κ2) is 9.40. The molecule has 0 bridgehead atoms. The molecule has 0 aliphatic heterocycles. The van der Waals surface area contributed by atoms with Crippen molar-refractivity contribution in [2.45, 2.75) is 131 Å². The first-order chi connectivity index (χ1) is 19.1. The third-order valence-corrected chi connectivity index (χ3v) is 15.7. The van der Waals surface area contributed by atoms with Crippen molar-refractivity contribution in [3.8, 4) is 0 Å². The number of carbonyl (C=O) groups is 1. The van der Waals surface area contributed by atoms with Gasteiger partial charge in [0.2, 0.25) is 0 Å². The van der Waals surface area contributed by atoms with E-state index in [9.17, 15) is 9.90 Å². The molecule has 4 fully saturated rings. The van der Waals surface area contributed by atoms with Gasteiger partial charge in [-0.2, -0.15) is 0 Å². The summed E-state index contributed by atoms with van der Waals surface area (Å²) in [5.41, 5.74) is 12.2. The molecule has 0 aromatic heterocycles. The fourth-order valence-electron chi connectivity index (χ4n) is 13.1. The third-order valence-electron chi connectivity index (χ3n) is 15.7. The number of hydrogen-bond acceptors (Lipinski definition) is 3. The second-order valence-electron chi connectivity index (χ2n) is 17.4. The Balaban J connectivity index is 1.32. The van der Waals surface area contributed by atoms with Gasteiger partial charge >= 0.3 is 0 Å². The summed E-state index contributed by atoms with van der Waals surface area (Å²) >= 11 is 0. The Kier molecular flexibility index (Phi) is 6.85. The maximum Gasteiger partial charge on any atom is 0.138 e. The zero-order chi connectivity index (χ0) is 29.8. The molecule has 0 aromatic rings. The molecule has 0 spiro atoms. The maximum atomic E-state index is 12.4. The summed E-state index contributed by atoms with van der Waals surface area (Å²) in [5, 5.41) is 10.1. The van der Waals surface area contributed by atoms with Crippen LogP contribution in [0.4, 0.5) is 0 Å². The molecule has 0 unspecified atom stereocenters. The van der Waals surface area contributed by atoms with Gasteiger partial charge in [0.25, 0.3) is 0 Å². The molecule has 0 amide bonds. The first-order valence-electron chi connectivity index (χ1n) is 17.1. The van der Waals surface area contributed by atoms with Gasteiger partial charge in [0, 0.05) is 5.54 Å². The second-order valence-corrected chi connectivity index (χ2v) is 17.4. The van der Waals surface area contributed by atoms with Crippen LogP contribution in [0, 0.1) is 56.7 Å². The first-order valence-corrected chi connectivity index (χ1v) is 17.1. The van der Waals surface area contributed by atoms with Gasteiger partial charge in [0.1, 0.15) is 5.78 Å². The number of rotatable bonds is 4. The Morgan fingerprint density at radius 2 is 1.63 bits per heavy atom. The minimum Gasteiger partial charge on any atom is -0.395 e. The molecule has 6 rings (SSSR count). The van der Waals surface area contributed by atoms with Crippen molar-refractivity contribution in [2.75, 3.05) is 6.61 Å². The van der Waals surface area contributed by atoms with Gasteiger partial charge in [-0.15, -0.1) is 0 Å². The number of Topliss-reactive ketones (excluding diaryl/α,β-unsaturated/α-hetero) is 1. The van der Waals surface area contributed by atoms with Crippen LogP contribution in [0.3, 0.4) is 0 Å². The third kappa shape index (κ3) is 3.85. The van der Waals surface area contributed by atoms with Crippen LogP contribution >= 0.6 is 0 Å². The van der Waals surface area contributed by atoms with Crippen LogP contribution in [0.5, 0.6) is 0 Å². The van der Waals surface area contributed by atoms with Crippen molar-refractivity contribution in [3.63, 3.8) is 0 Å². The Morgan fingerprint density at radius 3 is 2.24 bits per heavy atom. The van der Waals surface area contributed by atoms with Crippen molar-refractivity contribution in [1.29, 1.82) is 0 Å². The van der Waals surface area contributed by atoms with Gasteiger partial charge in [0.15, 0.2) is 0 Å². The van der Waals surface area contributed by atoms with Gasteiger partial charge < -0.3 is 10.8 Å². The van der Waals surface area contributed by atoms with Crippen LogP contribution in [-0.2, 0) is 4.79 Å². The number of allylic oxidation sites excluding steroid dienone is 5. The summed E-state index contributed by atoms with van der Waals surface area (Å²) in [7, 11) is 0. The summed E-state index contributed by atoms with van der Waals surface area (Å²) in [4.78, 5) is 12.4. The summed E-state index contributed by atoms with van der Waals surface area (Å²) < 4.78 is 0. The first kappa shape index (κ1) is 29.9. The highest BCUT2D eigenvalue weighted by Gasteiger charge is 2.70. The SMILES string of the molecule is C=C(C)[C@@H]1CC[C@]2(N)CC[C@]3(C)[C@H](CC[C@@H]4[C@@]5(C)CC=C(C6=CC[C@](CO)(C(C)=O)CC6)C(C)(C)[C@@H]5CC[C@]43C)[C@@H]12. The fourth-order valence-corrected chi connectivity index (χ4v) is 13.1. The Bertz CT molecular complexity index is 1190.